The van der Waals surface area contributed by atoms with E-state index in [0.717, 1.165) is 0 Å². The molecule has 0 fully saturated rings. The largest absolute Gasteiger partial charge is 0.396 e. The summed E-state index contributed by atoms with van der Waals surface area (Å²) in [5, 5.41) is 11.2. The summed E-state index contributed by atoms with van der Waals surface area (Å²) >= 11 is 0. The molecule has 1 rings (SSSR count). The Hall–Kier alpha value is -1.16. The number of hydrogen-bond acceptors (Lipinski definition) is 2. The van der Waals surface area contributed by atoms with Crippen molar-refractivity contribution in [1.82, 2.24) is 0 Å². The van der Waals surface area contributed by atoms with Crippen LogP contribution in [-0.4, -0.2) is 18.3 Å². The van der Waals surface area contributed by atoms with Gasteiger partial charge >= 0.3 is 0 Å². The first-order chi connectivity index (χ1) is 7.16. The van der Waals surface area contributed by atoms with Gasteiger partial charge in [-0.25, -0.2) is 8.78 Å². The van der Waals surface area contributed by atoms with Crippen LogP contribution in [0.4, 0.5) is 14.5 Å². The SMILES string of the molecule is Cc1ccc(F)c(NCCCCO)c1F. The first-order valence-electron chi connectivity index (χ1n) is 4.96. The van der Waals surface area contributed by atoms with E-state index in [0.29, 0.717) is 24.9 Å². The molecule has 0 amide bonds. The number of rotatable bonds is 5. The van der Waals surface area contributed by atoms with Gasteiger partial charge in [0.2, 0.25) is 0 Å². The molecule has 0 saturated heterocycles. The summed E-state index contributed by atoms with van der Waals surface area (Å²) in [6.45, 7) is 2.14. The van der Waals surface area contributed by atoms with Gasteiger partial charge in [-0.15, -0.1) is 0 Å². The molecule has 0 bridgehead atoms. The molecule has 0 aliphatic rings. The minimum Gasteiger partial charge on any atom is -0.396 e. The molecule has 84 valence electrons. The smallest absolute Gasteiger partial charge is 0.152 e. The number of nitrogens with one attached hydrogen (secondary N) is 1. The van der Waals surface area contributed by atoms with Crippen molar-refractivity contribution in [1.29, 1.82) is 0 Å². The minimum atomic E-state index is -0.581. The predicted molar refractivity (Wildman–Crippen MR) is 55.9 cm³/mol. The average Bonchev–Trinajstić information content (AvgIpc) is 2.23. The van der Waals surface area contributed by atoms with E-state index in [2.05, 4.69) is 5.32 Å². The van der Waals surface area contributed by atoms with Crippen LogP contribution in [-0.2, 0) is 0 Å². The Balaban J connectivity index is 2.63. The van der Waals surface area contributed by atoms with Crippen LogP contribution in [0, 0.1) is 18.6 Å². The fourth-order valence-electron chi connectivity index (χ4n) is 1.27. The lowest BCUT2D eigenvalue weighted by molar-refractivity contribution is 0.286. The second kappa shape index (κ2) is 5.66. The van der Waals surface area contributed by atoms with Gasteiger partial charge in [-0.3, -0.25) is 0 Å². The Morgan fingerprint density at radius 2 is 2.00 bits per heavy atom. The van der Waals surface area contributed by atoms with Crippen LogP contribution in [0.15, 0.2) is 12.1 Å². The van der Waals surface area contributed by atoms with E-state index >= 15 is 0 Å². The molecular weight excluding hydrogens is 200 g/mol. The quantitative estimate of drug-likeness (QED) is 0.739. The van der Waals surface area contributed by atoms with Gasteiger partial charge in [0.25, 0.3) is 0 Å². The fourth-order valence-corrected chi connectivity index (χ4v) is 1.27. The van der Waals surface area contributed by atoms with E-state index in [1.165, 1.54) is 12.1 Å². The molecular formula is C11H15F2NO. The number of anilines is 1. The first kappa shape index (κ1) is 11.9. The third-order valence-corrected chi connectivity index (χ3v) is 2.17. The van der Waals surface area contributed by atoms with Gasteiger partial charge in [0, 0.05) is 13.2 Å². The van der Waals surface area contributed by atoms with Gasteiger partial charge in [-0.2, -0.15) is 0 Å². The van der Waals surface area contributed by atoms with Crippen molar-refractivity contribution in [2.45, 2.75) is 19.8 Å². The van der Waals surface area contributed by atoms with E-state index in [1.54, 1.807) is 6.92 Å². The molecule has 15 heavy (non-hydrogen) atoms. The number of aliphatic hydroxyl groups excluding tert-OH is 1. The Morgan fingerprint density at radius 3 is 2.67 bits per heavy atom. The third-order valence-electron chi connectivity index (χ3n) is 2.17. The molecule has 0 saturated carbocycles. The third kappa shape index (κ3) is 3.16. The molecule has 0 aromatic heterocycles. The molecule has 0 atom stereocenters. The van der Waals surface area contributed by atoms with Crippen LogP contribution in [0.1, 0.15) is 18.4 Å². The lowest BCUT2D eigenvalue weighted by atomic mass is 10.2. The Morgan fingerprint density at radius 1 is 1.27 bits per heavy atom. The summed E-state index contributed by atoms with van der Waals surface area (Å²) in [5.74, 6) is -1.12. The summed E-state index contributed by atoms with van der Waals surface area (Å²) in [6, 6.07) is 2.65. The van der Waals surface area contributed by atoms with Crippen molar-refractivity contribution in [2.24, 2.45) is 0 Å². The highest BCUT2D eigenvalue weighted by atomic mass is 19.1. The maximum Gasteiger partial charge on any atom is 0.152 e. The highest BCUT2D eigenvalue weighted by Crippen LogP contribution is 2.21. The van der Waals surface area contributed by atoms with Crippen molar-refractivity contribution in [3.05, 3.63) is 29.3 Å². The number of aliphatic hydroxyl groups is 1. The molecule has 0 radical (unpaired) electrons. The summed E-state index contributed by atoms with van der Waals surface area (Å²) in [4.78, 5) is 0. The maximum atomic E-state index is 13.4. The van der Waals surface area contributed by atoms with Crippen LogP contribution in [0.3, 0.4) is 0 Å². The average molecular weight is 215 g/mol. The molecule has 0 heterocycles. The Bertz CT molecular complexity index is 329. The van der Waals surface area contributed by atoms with E-state index in [1.807, 2.05) is 0 Å². The van der Waals surface area contributed by atoms with Gasteiger partial charge in [-0.1, -0.05) is 6.07 Å². The molecule has 1 aromatic rings. The molecule has 0 unspecified atom stereocenters. The van der Waals surface area contributed by atoms with E-state index in [4.69, 9.17) is 5.11 Å². The van der Waals surface area contributed by atoms with Crippen LogP contribution < -0.4 is 5.32 Å². The van der Waals surface area contributed by atoms with E-state index in [9.17, 15) is 8.78 Å². The Kier molecular flexibility index (Phi) is 4.49. The number of aryl methyl sites for hydroxylation is 1. The van der Waals surface area contributed by atoms with Gasteiger partial charge in [0.1, 0.15) is 11.5 Å². The first-order valence-corrected chi connectivity index (χ1v) is 4.96. The molecule has 1 aromatic carbocycles. The molecule has 0 spiro atoms. The van der Waals surface area contributed by atoms with Crippen LogP contribution in [0.25, 0.3) is 0 Å². The zero-order valence-electron chi connectivity index (χ0n) is 8.69. The van der Waals surface area contributed by atoms with E-state index in [-0.39, 0.29) is 12.3 Å². The van der Waals surface area contributed by atoms with Crippen molar-refractivity contribution >= 4 is 5.69 Å². The molecule has 0 aliphatic carbocycles. The van der Waals surface area contributed by atoms with Crippen molar-refractivity contribution in [2.75, 3.05) is 18.5 Å². The Labute approximate surface area is 87.9 Å². The van der Waals surface area contributed by atoms with Gasteiger partial charge in [0.15, 0.2) is 5.82 Å². The lowest BCUT2D eigenvalue weighted by Gasteiger charge is -2.09. The van der Waals surface area contributed by atoms with Crippen LogP contribution >= 0.6 is 0 Å². The van der Waals surface area contributed by atoms with Gasteiger partial charge in [-0.05, 0) is 31.4 Å². The second-order valence-electron chi connectivity index (χ2n) is 3.41. The second-order valence-corrected chi connectivity index (χ2v) is 3.41. The maximum absolute atomic E-state index is 13.4. The monoisotopic (exact) mass is 215 g/mol. The van der Waals surface area contributed by atoms with Gasteiger partial charge < -0.3 is 10.4 Å². The molecule has 2 N–H and O–H groups in total. The normalized spacial score (nSPS) is 10.4. The summed E-state index contributed by atoms with van der Waals surface area (Å²) < 4.78 is 26.6. The van der Waals surface area contributed by atoms with Crippen molar-refractivity contribution in [3.63, 3.8) is 0 Å². The standard InChI is InChI=1S/C11H15F2NO/c1-8-4-5-9(12)11(10(8)13)14-6-2-3-7-15/h4-5,14-15H,2-3,6-7H2,1H3. The van der Waals surface area contributed by atoms with Crippen molar-refractivity contribution < 1.29 is 13.9 Å². The fraction of sp³-hybridized carbons (Fsp3) is 0.455. The molecule has 2 nitrogen and oxygen atoms in total. The number of hydrogen-bond donors (Lipinski definition) is 2. The number of unbranched alkanes of at least 4 members (excludes halogenated alkanes) is 1. The number of halogens is 2. The highest BCUT2D eigenvalue weighted by Gasteiger charge is 2.09. The van der Waals surface area contributed by atoms with Crippen molar-refractivity contribution in [3.8, 4) is 0 Å². The molecule has 0 aliphatic heterocycles. The zero-order valence-corrected chi connectivity index (χ0v) is 8.69. The number of benzene rings is 1. The zero-order chi connectivity index (χ0) is 11.3. The minimum absolute atomic E-state index is 0.0760. The van der Waals surface area contributed by atoms with Crippen LogP contribution in [0.2, 0.25) is 0 Å². The van der Waals surface area contributed by atoms with Crippen LogP contribution in [0.5, 0.6) is 0 Å². The van der Waals surface area contributed by atoms with E-state index < -0.39 is 11.6 Å². The summed E-state index contributed by atoms with van der Waals surface area (Å²) in [6.07, 6.45) is 1.31. The topological polar surface area (TPSA) is 32.3 Å². The van der Waals surface area contributed by atoms with Gasteiger partial charge in [0.05, 0.1) is 0 Å². The predicted octanol–water partition coefficient (Wildman–Crippen LogP) is 2.46. The summed E-state index contributed by atoms with van der Waals surface area (Å²) in [7, 11) is 0. The lowest BCUT2D eigenvalue weighted by Crippen LogP contribution is -2.07. The molecule has 4 heteroatoms. The summed E-state index contributed by atoms with van der Waals surface area (Å²) in [5.41, 5.74) is 0.342. The highest BCUT2D eigenvalue weighted by molar-refractivity contribution is 5.48.